The minimum atomic E-state index is 0.0851. The van der Waals surface area contributed by atoms with Gasteiger partial charge in [-0.1, -0.05) is 6.07 Å². The maximum Gasteiger partial charge on any atom is 0.123 e. The lowest BCUT2D eigenvalue weighted by Gasteiger charge is -2.22. The van der Waals surface area contributed by atoms with Gasteiger partial charge in [0, 0.05) is 31.3 Å². The fourth-order valence-electron chi connectivity index (χ4n) is 2.04. The second-order valence-electron chi connectivity index (χ2n) is 4.43. The van der Waals surface area contributed by atoms with Gasteiger partial charge in [-0.3, -0.25) is 0 Å². The third-order valence-corrected chi connectivity index (χ3v) is 3.03. The zero-order chi connectivity index (χ0) is 12.1. The Kier molecular flexibility index (Phi) is 4.23. The fourth-order valence-corrected chi connectivity index (χ4v) is 2.04. The van der Waals surface area contributed by atoms with Crippen LogP contribution in [-0.2, 0) is 11.3 Å². The van der Waals surface area contributed by atoms with E-state index in [9.17, 15) is 5.11 Å². The summed E-state index contributed by atoms with van der Waals surface area (Å²) in [6, 6.07) is 4.65. The molecule has 0 spiro atoms. The van der Waals surface area contributed by atoms with E-state index in [2.05, 4.69) is 5.32 Å². The van der Waals surface area contributed by atoms with E-state index < -0.39 is 0 Å². The van der Waals surface area contributed by atoms with Crippen LogP contribution >= 0.6 is 0 Å². The van der Waals surface area contributed by atoms with E-state index in [0.717, 1.165) is 31.6 Å². The Morgan fingerprint density at radius 3 is 2.88 bits per heavy atom. The number of aromatic hydroxyl groups is 2. The van der Waals surface area contributed by atoms with Gasteiger partial charge in [-0.25, -0.2) is 0 Å². The van der Waals surface area contributed by atoms with E-state index in [4.69, 9.17) is 9.84 Å². The van der Waals surface area contributed by atoms with E-state index in [1.54, 1.807) is 12.1 Å². The molecular weight excluding hydrogens is 218 g/mol. The molecule has 1 saturated heterocycles. The molecule has 0 aromatic heterocycles. The van der Waals surface area contributed by atoms with Crippen molar-refractivity contribution in [2.24, 2.45) is 0 Å². The van der Waals surface area contributed by atoms with Crippen molar-refractivity contribution >= 4 is 0 Å². The lowest BCUT2D eigenvalue weighted by Crippen LogP contribution is -2.31. The number of benzene rings is 1. The second-order valence-corrected chi connectivity index (χ2v) is 4.43. The summed E-state index contributed by atoms with van der Waals surface area (Å²) >= 11 is 0. The molecule has 0 aliphatic carbocycles. The van der Waals surface area contributed by atoms with Gasteiger partial charge in [0.2, 0.25) is 0 Å². The summed E-state index contributed by atoms with van der Waals surface area (Å²) in [6.07, 6.45) is 3.80. The molecule has 17 heavy (non-hydrogen) atoms. The lowest BCUT2D eigenvalue weighted by molar-refractivity contribution is 0.0167. The first-order valence-corrected chi connectivity index (χ1v) is 6.09. The van der Waals surface area contributed by atoms with Crippen molar-refractivity contribution in [1.82, 2.24) is 5.32 Å². The van der Waals surface area contributed by atoms with E-state index >= 15 is 0 Å². The molecule has 1 atom stereocenters. The monoisotopic (exact) mass is 237 g/mol. The molecule has 1 heterocycles. The van der Waals surface area contributed by atoms with Crippen molar-refractivity contribution in [2.75, 3.05) is 13.2 Å². The molecule has 4 nitrogen and oxygen atoms in total. The van der Waals surface area contributed by atoms with Crippen LogP contribution in [0, 0.1) is 0 Å². The number of hydrogen-bond donors (Lipinski definition) is 3. The van der Waals surface area contributed by atoms with Crippen LogP contribution in [0.5, 0.6) is 11.5 Å². The second kappa shape index (κ2) is 5.89. The van der Waals surface area contributed by atoms with Gasteiger partial charge in [0.25, 0.3) is 0 Å². The highest BCUT2D eigenvalue weighted by atomic mass is 16.5. The lowest BCUT2D eigenvalue weighted by atomic mass is 10.1. The molecule has 3 N–H and O–H groups in total. The van der Waals surface area contributed by atoms with Crippen molar-refractivity contribution in [3.8, 4) is 11.5 Å². The first kappa shape index (κ1) is 12.2. The summed E-state index contributed by atoms with van der Waals surface area (Å²) in [5, 5.41) is 22.0. The molecule has 94 valence electrons. The van der Waals surface area contributed by atoms with Crippen LogP contribution in [0.15, 0.2) is 18.2 Å². The molecule has 0 bridgehead atoms. The van der Waals surface area contributed by atoms with Crippen LogP contribution in [0.25, 0.3) is 0 Å². The minimum absolute atomic E-state index is 0.0851. The Balaban J connectivity index is 1.77. The zero-order valence-electron chi connectivity index (χ0n) is 9.85. The molecule has 0 amide bonds. The summed E-state index contributed by atoms with van der Waals surface area (Å²) < 4.78 is 5.60. The van der Waals surface area contributed by atoms with Crippen LogP contribution in [-0.4, -0.2) is 29.5 Å². The predicted molar refractivity (Wildman–Crippen MR) is 65.1 cm³/mol. The summed E-state index contributed by atoms with van der Waals surface area (Å²) in [5.41, 5.74) is 0.790. The molecule has 1 aromatic carbocycles. The van der Waals surface area contributed by atoms with Gasteiger partial charge in [-0.2, -0.15) is 0 Å². The summed E-state index contributed by atoms with van der Waals surface area (Å²) in [4.78, 5) is 0. The Labute approximate surface area is 101 Å². The highest BCUT2D eigenvalue weighted by Crippen LogP contribution is 2.22. The Morgan fingerprint density at radius 2 is 2.18 bits per heavy atom. The van der Waals surface area contributed by atoms with Crippen LogP contribution in [0.3, 0.4) is 0 Å². The number of ether oxygens (including phenoxy) is 1. The molecule has 0 saturated carbocycles. The van der Waals surface area contributed by atoms with Crippen molar-refractivity contribution in [1.29, 1.82) is 0 Å². The maximum atomic E-state index is 9.60. The van der Waals surface area contributed by atoms with Crippen molar-refractivity contribution in [3.63, 3.8) is 0 Å². The predicted octanol–water partition coefficient (Wildman–Crippen LogP) is 1.76. The molecule has 0 radical (unpaired) electrons. The van der Waals surface area contributed by atoms with E-state index in [1.807, 2.05) is 0 Å². The average Bonchev–Trinajstić information content (AvgIpc) is 2.33. The van der Waals surface area contributed by atoms with Gasteiger partial charge in [0.05, 0.1) is 6.10 Å². The van der Waals surface area contributed by atoms with Gasteiger partial charge in [0.15, 0.2) is 0 Å². The molecular formula is C13H19NO3. The van der Waals surface area contributed by atoms with Gasteiger partial charge in [-0.05, 0) is 25.3 Å². The molecule has 1 aliphatic rings. The molecule has 1 fully saturated rings. The molecule has 1 aromatic rings. The average molecular weight is 237 g/mol. The van der Waals surface area contributed by atoms with Crippen LogP contribution in [0.1, 0.15) is 24.8 Å². The zero-order valence-corrected chi connectivity index (χ0v) is 9.85. The quantitative estimate of drug-likeness (QED) is 0.746. The topological polar surface area (TPSA) is 61.7 Å². The Morgan fingerprint density at radius 1 is 1.29 bits per heavy atom. The molecule has 1 aliphatic heterocycles. The van der Waals surface area contributed by atoms with Crippen LogP contribution in [0.4, 0.5) is 0 Å². The maximum absolute atomic E-state index is 9.60. The van der Waals surface area contributed by atoms with Crippen molar-refractivity contribution < 1.29 is 14.9 Å². The van der Waals surface area contributed by atoms with Crippen LogP contribution in [0.2, 0.25) is 0 Å². The smallest absolute Gasteiger partial charge is 0.123 e. The first-order valence-electron chi connectivity index (χ1n) is 6.09. The first-order chi connectivity index (χ1) is 8.25. The normalized spacial score (nSPS) is 20.4. The third kappa shape index (κ3) is 3.61. The van der Waals surface area contributed by atoms with E-state index in [0.29, 0.717) is 12.6 Å². The highest BCUT2D eigenvalue weighted by Gasteiger charge is 2.13. The summed E-state index contributed by atoms with van der Waals surface area (Å²) in [6.45, 7) is 2.25. The number of rotatable bonds is 4. The fraction of sp³-hybridized carbons (Fsp3) is 0.538. The number of phenolic OH excluding ortho intramolecular Hbond substituents is 2. The number of nitrogens with one attached hydrogen (secondary N) is 1. The minimum Gasteiger partial charge on any atom is -0.508 e. The van der Waals surface area contributed by atoms with E-state index in [1.165, 1.54) is 12.5 Å². The van der Waals surface area contributed by atoms with Crippen LogP contribution < -0.4 is 5.32 Å². The number of hydrogen-bond acceptors (Lipinski definition) is 4. The van der Waals surface area contributed by atoms with E-state index in [-0.39, 0.29) is 11.5 Å². The molecule has 4 heteroatoms. The van der Waals surface area contributed by atoms with Crippen molar-refractivity contribution in [3.05, 3.63) is 23.8 Å². The highest BCUT2D eigenvalue weighted by molar-refractivity contribution is 5.38. The largest absolute Gasteiger partial charge is 0.508 e. The van der Waals surface area contributed by atoms with Gasteiger partial charge < -0.3 is 20.3 Å². The summed E-state index contributed by atoms with van der Waals surface area (Å²) in [5.74, 6) is 0.212. The Hall–Kier alpha value is -1.26. The third-order valence-electron chi connectivity index (χ3n) is 3.03. The molecule has 2 rings (SSSR count). The molecule has 1 unspecified atom stereocenters. The van der Waals surface area contributed by atoms with Crippen molar-refractivity contribution in [2.45, 2.75) is 31.9 Å². The standard InChI is InChI=1S/C13H19NO3/c15-11-5-4-10(13(16)7-11)8-14-9-12-3-1-2-6-17-12/h4-5,7,12,14-16H,1-3,6,8-9H2. The van der Waals surface area contributed by atoms with Gasteiger partial charge in [-0.15, -0.1) is 0 Å². The Bertz CT molecular complexity index is 362. The van der Waals surface area contributed by atoms with Gasteiger partial charge in [0.1, 0.15) is 11.5 Å². The van der Waals surface area contributed by atoms with Gasteiger partial charge >= 0.3 is 0 Å². The number of phenols is 2. The summed E-state index contributed by atoms with van der Waals surface area (Å²) in [7, 11) is 0. The SMILES string of the molecule is Oc1ccc(CNCC2CCCCO2)c(O)c1.